The molecule has 2 aromatic carbocycles. The average Bonchev–Trinajstić information content (AvgIpc) is 3.48. The molecule has 33 heavy (non-hydrogen) atoms. The molecule has 0 unspecified atom stereocenters. The summed E-state index contributed by atoms with van der Waals surface area (Å²) in [7, 11) is 3.12. The van der Waals surface area contributed by atoms with Crippen LogP contribution in [0.4, 0.5) is 5.82 Å². The maximum absolute atomic E-state index is 13.0. The van der Waals surface area contributed by atoms with Gasteiger partial charge in [-0.2, -0.15) is 9.78 Å². The third-order valence-electron chi connectivity index (χ3n) is 4.74. The first kappa shape index (κ1) is 21.5. The lowest BCUT2D eigenvalue weighted by atomic mass is 10.1. The van der Waals surface area contributed by atoms with Gasteiger partial charge in [-0.05, 0) is 41.5 Å². The quantitative estimate of drug-likeness (QED) is 0.319. The van der Waals surface area contributed by atoms with Crippen molar-refractivity contribution in [3.63, 3.8) is 0 Å². The molecule has 0 aliphatic rings. The van der Waals surface area contributed by atoms with Crippen LogP contribution in [0.1, 0.15) is 23.0 Å². The van der Waals surface area contributed by atoms with Crippen molar-refractivity contribution in [2.75, 3.05) is 20.0 Å². The van der Waals surface area contributed by atoms with Crippen LogP contribution < -0.4 is 20.6 Å². The van der Waals surface area contributed by atoms with Crippen molar-refractivity contribution in [2.24, 2.45) is 5.10 Å². The molecule has 4 rings (SSSR count). The Hall–Kier alpha value is -4.74. The Labute approximate surface area is 188 Å². The Morgan fingerprint density at radius 1 is 1.09 bits per heavy atom. The van der Waals surface area contributed by atoms with Crippen molar-refractivity contribution >= 4 is 17.4 Å². The van der Waals surface area contributed by atoms with Gasteiger partial charge in [-0.15, -0.1) is 5.10 Å². The molecule has 2 aromatic heterocycles. The maximum Gasteiger partial charge on any atom is 0.294 e. The van der Waals surface area contributed by atoms with Crippen LogP contribution in [0.3, 0.4) is 0 Å². The van der Waals surface area contributed by atoms with E-state index in [9.17, 15) is 4.79 Å². The van der Waals surface area contributed by atoms with Crippen molar-refractivity contribution in [3.8, 4) is 28.6 Å². The number of hydrogen-bond donors (Lipinski definition) is 2. The maximum atomic E-state index is 13.0. The number of anilines is 1. The van der Waals surface area contributed by atoms with Gasteiger partial charge in [-0.1, -0.05) is 29.5 Å². The van der Waals surface area contributed by atoms with Crippen LogP contribution in [0.25, 0.3) is 17.1 Å². The second kappa shape index (κ2) is 9.18. The second-order valence-electron chi connectivity index (χ2n) is 6.77. The van der Waals surface area contributed by atoms with Crippen molar-refractivity contribution in [1.82, 2.24) is 30.7 Å². The number of nitrogen functional groups attached to an aromatic ring is 1. The Morgan fingerprint density at radius 3 is 2.52 bits per heavy atom. The summed E-state index contributed by atoms with van der Waals surface area (Å²) in [4.78, 5) is 13.0. The molecule has 0 atom stereocenters. The molecular formula is C21H20N8O4. The number of hydrazone groups is 1. The standard InChI is InChI=1S/C21H20N8O4/c1-12(13-6-4-8-15(10-13)31-2)23-25-21(30)17-18(14-7-5-9-16(11-14)32-3)29(28-24-17)20-19(22)26-33-27-20/h4-11H,1-3H3,(H2,22,26)(H,25,30). The van der Waals surface area contributed by atoms with Crippen LogP contribution >= 0.6 is 0 Å². The van der Waals surface area contributed by atoms with E-state index in [1.54, 1.807) is 38.3 Å². The van der Waals surface area contributed by atoms with Gasteiger partial charge in [0.2, 0.25) is 11.6 Å². The molecule has 0 aliphatic carbocycles. The fourth-order valence-corrected chi connectivity index (χ4v) is 3.05. The van der Waals surface area contributed by atoms with Crippen LogP contribution in [0.15, 0.2) is 58.3 Å². The van der Waals surface area contributed by atoms with Gasteiger partial charge in [0, 0.05) is 11.1 Å². The van der Waals surface area contributed by atoms with E-state index in [-0.39, 0.29) is 17.3 Å². The predicted molar refractivity (Wildman–Crippen MR) is 118 cm³/mol. The zero-order valence-electron chi connectivity index (χ0n) is 18.0. The van der Waals surface area contributed by atoms with E-state index >= 15 is 0 Å². The molecule has 0 fully saturated rings. The van der Waals surface area contributed by atoms with E-state index in [0.717, 1.165) is 5.56 Å². The zero-order chi connectivity index (χ0) is 23.4. The molecule has 4 aromatic rings. The van der Waals surface area contributed by atoms with E-state index in [2.05, 4.69) is 35.8 Å². The van der Waals surface area contributed by atoms with Crippen LogP contribution in [0.2, 0.25) is 0 Å². The molecule has 12 nitrogen and oxygen atoms in total. The zero-order valence-corrected chi connectivity index (χ0v) is 18.0. The summed E-state index contributed by atoms with van der Waals surface area (Å²) in [6, 6.07) is 14.3. The molecule has 0 saturated heterocycles. The van der Waals surface area contributed by atoms with Crippen molar-refractivity contribution < 1.29 is 18.9 Å². The first-order valence-electron chi connectivity index (χ1n) is 9.69. The highest BCUT2D eigenvalue weighted by Crippen LogP contribution is 2.29. The Bertz CT molecular complexity index is 1330. The molecule has 1 amide bonds. The Balaban J connectivity index is 1.72. The summed E-state index contributed by atoms with van der Waals surface area (Å²) < 4.78 is 16.5. The topological polar surface area (TPSA) is 156 Å². The number of rotatable bonds is 7. The molecule has 0 saturated carbocycles. The van der Waals surface area contributed by atoms with Crippen LogP contribution in [-0.4, -0.2) is 51.1 Å². The van der Waals surface area contributed by atoms with E-state index in [4.69, 9.17) is 15.2 Å². The first-order valence-corrected chi connectivity index (χ1v) is 9.69. The Kier molecular flexibility index (Phi) is 5.98. The molecule has 2 heterocycles. The minimum Gasteiger partial charge on any atom is -0.497 e. The van der Waals surface area contributed by atoms with Crippen LogP contribution in [-0.2, 0) is 0 Å². The summed E-state index contributed by atoms with van der Waals surface area (Å²) in [5, 5.41) is 19.6. The number of benzene rings is 2. The molecule has 0 aliphatic heterocycles. The van der Waals surface area contributed by atoms with Gasteiger partial charge in [-0.25, -0.2) is 10.1 Å². The predicted octanol–water partition coefficient (Wildman–Crippen LogP) is 2.07. The van der Waals surface area contributed by atoms with Gasteiger partial charge in [0.05, 0.1) is 19.9 Å². The number of methoxy groups -OCH3 is 2. The number of nitrogens with zero attached hydrogens (tertiary/aromatic N) is 6. The summed E-state index contributed by atoms with van der Waals surface area (Å²) in [6.45, 7) is 1.76. The summed E-state index contributed by atoms with van der Waals surface area (Å²) in [5.74, 6) is 0.745. The van der Waals surface area contributed by atoms with Crippen molar-refractivity contribution in [1.29, 1.82) is 0 Å². The molecule has 0 radical (unpaired) electrons. The fourth-order valence-electron chi connectivity index (χ4n) is 3.05. The largest absolute Gasteiger partial charge is 0.497 e. The van der Waals surface area contributed by atoms with Crippen LogP contribution in [0, 0.1) is 0 Å². The monoisotopic (exact) mass is 448 g/mol. The highest BCUT2D eigenvalue weighted by molar-refractivity contribution is 6.02. The lowest BCUT2D eigenvalue weighted by Crippen LogP contribution is -2.21. The number of nitrogens with one attached hydrogen (secondary N) is 1. The summed E-state index contributed by atoms with van der Waals surface area (Å²) in [5.41, 5.74) is 10.6. The van der Waals surface area contributed by atoms with Crippen molar-refractivity contribution in [2.45, 2.75) is 6.92 Å². The highest BCUT2D eigenvalue weighted by atomic mass is 16.6. The van der Waals surface area contributed by atoms with E-state index in [1.807, 2.05) is 24.3 Å². The summed E-state index contributed by atoms with van der Waals surface area (Å²) in [6.07, 6.45) is 0. The minimum absolute atomic E-state index is 0.00662. The normalized spacial score (nSPS) is 11.3. The average molecular weight is 448 g/mol. The van der Waals surface area contributed by atoms with Crippen LogP contribution in [0.5, 0.6) is 11.5 Å². The first-order chi connectivity index (χ1) is 16.0. The third kappa shape index (κ3) is 4.35. The molecular weight excluding hydrogens is 428 g/mol. The number of aromatic nitrogens is 5. The third-order valence-corrected chi connectivity index (χ3v) is 4.74. The number of amides is 1. The second-order valence-corrected chi connectivity index (χ2v) is 6.77. The van der Waals surface area contributed by atoms with Crippen molar-refractivity contribution in [3.05, 3.63) is 59.8 Å². The number of carbonyl (C=O) groups excluding carboxylic acids is 1. The molecule has 0 bridgehead atoms. The molecule has 0 spiro atoms. The lowest BCUT2D eigenvalue weighted by molar-refractivity contribution is 0.0950. The van der Waals surface area contributed by atoms with Gasteiger partial charge in [-0.3, -0.25) is 4.79 Å². The number of ether oxygens (including phenoxy) is 2. The smallest absolute Gasteiger partial charge is 0.294 e. The number of nitrogens with two attached hydrogens (primary N) is 1. The van der Waals surface area contributed by atoms with Gasteiger partial charge in [0.15, 0.2) is 5.69 Å². The van der Waals surface area contributed by atoms with E-state index in [0.29, 0.717) is 28.5 Å². The lowest BCUT2D eigenvalue weighted by Gasteiger charge is -2.08. The number of hydrogen-bond acceptors (Lipinski definition) is 10. The van der Waals surface area contributed by atoms with E-state index < -0.39 is 5.91 Å². The number of carbonyl (C=O) groups is 1. The van der Waals surface area contributed by atoms with Gasteiger partial charge in [0.1, 0.15) is 17.2 Å². The highest BCUT2D eigenvalue weighted by Gasteiger charge is 2.25. The molecule has 3 N–H and O–H groups in total. The molecule has 12 heteroatoms. The van der Waals surface area contributed by atoms with Gasteiger partial charge < -0.3 is 15.2 Å². The van der Waals surface area contributed by atoms with Gasteiger partial charge in [0.25, 0.3) is 5.91 Å². The fraction of sp³-hybridized carbons (Fsp3) is 0.143. The Morgan fingerprint density at radius 2 is 1.82 bits per heavy atom. The summed E-state index contributed by atoms with van der Waals surface area (Å²) >= 11 is 0. The van der Waals surface area contributed by atoms with Gasteiger partial charge >= 0.3 is 0 Å². The van der Waals surface area contributed by atoms with E-state index in [1.165, 1.54) is 11.8 Å². The molecule has 168 valence electrons. The SMILES string of the molecule is COc1cccc(C(C)=NNC(=O)c2nnn(-c3nonc3N)c2-c2cccc(OC)c2)c1. The minimum atomic E-state index is -0.587.